The van der Waals surface area contributed by atoms with Crippen molar-refractivity contribution in [2.45, 2.75) is 12.5 Å². The molecule has 1 aromatic heterocycles. The first-order chi connectivity index (χ1) is 11.8. The first kappa shape index (κ1) is 14.7. The molecular weight excluding hydrogens is 306 g/mol. The van der Waals surface area contributed by atoms with Gasteiger partial charge in [0.2, 0.25) is 0 Å². The molecule has 4 rings (SSSR count). The van der Waals surface area contributed by atoms with E-state index in [1.807, 2.05) is 30.3 Å². The molecule has 1 amide bonds. The van der Waals surface area contributed by atoms with Crippen LogP contribution in [0.3, 0.4) is 0 Å². The van der Waals surface area contributed by atoms with E-state index in [1.54, 1.807) is 18.3 Å². The summed E-state index contributed by atoms with van der Waals surface area (Å²) in [7, 11) is 0. The van der Waals surface area contributed by atoms with Gasteiger partial charge in [0.15, 0.2) is 0 Å². The van der Waals surface area contributed by atoms with Gasteiger partial charge < -0.3 is 14.8 Å². The Morgan fingerprint density at radius 3 is 2.92 bits per heavy atom. The second-order valence-electron chi connectivity index (χ2n) is 5.75. The van der Waals surface area contributed by atoms with Gasteiger partial charge >= 0.3 is 0 Å². The number of nitrogens with zero attached hydrogens (tertiary/aromatic N) is 1. The topological polar surface area (TPSA) is 76.2 Å². The van der Waals surface area contributed by atoms with Crippen LogP contribution in [0.15, 0.2) is 48.7 Å². The summed E-state index contributed by atoms with van der Waals surface area (Å²) in [4.78, 5) is 12.3. The lowest BCUT2D eigenvalue weighted by Crippen LogP contribution is -2.16. The number of anilines is 1. The van der Waals surface area contributed by atoms with E-state index < -0.39 is 0 Å². The Morgan fingerprint density at radius 1 is 1.25 bits per heavy atom. The van der Waals surface area contributed by atoms with Crippen LogP contribution in [-0.4, -0.2) is 35.4 Å². The molecule has 2 aromatic carbocycles. The highest BCUT2D eigenvalue weighted by molar-refractivity contribution is 6.05. The number of hydrogen-bond acceptors (Lipinski definition) is 4. The van der Waals surface area contributed by atoms with E-state index in [0.29, 0.717) is 12.2 Å². The lowest BCUT2D eigenvalue weighted by atomic mass is 10.2. The molecule has 6 nitrogen and oxygen atoms in total. The Hall–Kier alpha value is -2.86. The lowest BCUT2D eigenvalue weighted by molar-refractivity contribution is 0.102. The largest absolute Gasteiger partial charge is 0.488 e. The van der Waals surface area contributed by atoms with Crippen molar-refractivity contribution in [1.82, 2.24) is 10.2 Å². The first-order valence-corrected chi connectivity index (χ1v) is 7.87. The molecule has 1 aliphatic rings. The molecule has 0 aliphatic carbocycles. The number of benzene rings is 2. The quantitative estimate of drug-likeness (QED) is 0.774. The minimum absolute atomic E-state index is 0.103. The van der Waals surface area contributed by atoms with E-state index in [0.717, 1.165) is 35.4 Å². The maximum atomic E-state index is 12.3. The van der Waals surface area contributed by atoms with Crippen molar-refractivity contribution in [3.05, 3.63) is 54.2 Å². The average Bonchev–Trinajstić information content (AvgIpc) is 3.26. The van der Waals surface area contributed by atoms with Gasteiger partial charge in [-0.3, -0.25) is 9.89 Å². The standard InChI is InChI=1S/C18H17N3O3/c22-18(20-14-4-1-13-10-19-21-17(13)9-14)12-2-5-15(6-3-12)24-16-7-8-23-11-16/h1-6,9-10,16H,7-8,11H2,(H,19,21)(H,20,22). The van der Waals surface area contributed by atoms with Crippen LogP contribution >= 0.6 is 0 Å². The van der Waals surface area contributed by atoms with E-state index in [2.05, 4.69) is 15.5 Å². The van der Waals surface area contributed by atoms with Crippen LogP contribution in [0.5, 0.6) is 5.75 Å². The second kappa shape index (κ2) is 6.33. The number of H-pyrrole nitrogens is 1. The van der Waals surface area contributed by atoms with E-state index >= 15 is 0 Å². The monoisotopic (exact) mass is 323 g/mol. The van der Waals surface area contributed by atoms with Crippen LogP contribution in [0, 0.1) is 0 Å². The molecule has 0 saturated carbocycles. The molecule has 122 valence electrons. The Balaban J connectivity index is 1.43. The summed E-state index contributed by atoms with van der Waals surface area (Å²) in [5.41, 5.74) is 2.19. The van der Waals surface area contributed by atoms with Gasteiger partial charge in [0, 0.05) is 23.1 Å². The third kappa shape index (κ3) is 3.09. The van der Waals surface area contributed by atoms with Crippen molar-refractivity contribution in [1.29, 1.82) is 0 Å². The molecule has 2 N–H and O–H groups in total. The third-order valence-electron chi connectivity index (χ3n) is 4.01. The number of carbonyl (C=O) groups excluding carboxylic acids is 1. The number of aromatic nitrogens is 2. The molecule has 1 unspecified atom stereocenters. The van der Waals surface area contributed by atoms with Crippen LogP contribution in [0.25, 0.3) is 10.9 Å². The number of hydrogen-bond donors (Lipinski definition) is 2. The predicted octanol–water partition coefficient (Wildman–Crippen LogP) is 2.98. The molecular formula is C18H17N3O3. The number of fused-ring (bicyclic) bond motifs is 1. The molecule has 1 aliphatic heterocycles. The Labute approximate surface area is 138 Å². The zero-order valence-corrected chi connectivity index (χ0v) is 13.0. The fourth-order valence-corrected chi connectivity index (χ4v) is 2.70. The van der Waals surface area contributed by atoms with Gasteiger partial charge in [0.05, 0.1) is 24.9 Å². The molecule has 1 atom stereocenters. The molecule has 0 radical (unpaired) electrons. The molecule has 1 fully saturated rings. The van der Waals surface area contributed by atoms with Crippen molar-refractivity contribution < 1.29 is 14.3 Å². The zero-order valence-electron chi connectivity index (χ0n) is 13.0. The Bertz CT molecular complexity index is 851. The number of rotatable bonds is 4. The second-order valence-corrected chi connectivity index (χ2v) is 5.75. The highest BCUT2D eigenvalue weighted by atomic mass is 16.5. The van der Waals surface area contributed by atoms with Gasteiger partial charge in [-0.1, -0.05) is 0 Å². The predicted molar refractivity (Wildman–Crippen MR) is 90.3 cm³/mol. The number of ether oxygens (including phenoxy) is 2. The first-order valence-electron chi connectivity index (χ1n) is 7.87. The molecule has 0 bridgehead atoms. The minimum Gasteiger partial charge on any atom is -0.488 e. The Morgan fingerprint density at radius 2 is 2.12 bits per heavy atom. The van der Waals surface area contributed by atoms with E-state index in [-0.39, 0.29) is 12.0 Å². The van der Waals surface area contributed by atoms with Crippen LogP contribution in [0.4, 0.5) is 5.69 Å². The summed E-state index contributed by atoms with van der Waals surface area (Å²) >= 11 is 0. The molecule has 1 saturated heterocycles. The summed E-state index contributed by atoms with van der Waals surface area (Å²) in [6.45, 7) is 1.37. The summed E-state index contributed by atoms with van der Waals surface area (Å²) in [6, 6.07) is 12.8. The number of nitrogens with one attached hydrogen (secondary N) is 2. The van der Waals surface area contributed by atoms with E-state index in [1.165, 1.54) is 0 Å². The van der Waals surface area contributed by atoms with Gasteiger partial charge in [-0.2, -0.15) is 5.10 Å². The average molecular weight is 323 g/mol. The smallest absolute Gasteiger partial charge is 0.255 e. The van der Waals surface area contributed by atoms with Gasteiger partial charge in [-0.05, 0) is 42.5 Å². The van der Waals surface area contributed by atoms with Crippen molar-refractivity contribution in [2.75, 3.05) is 18.5 Å². The normalized spacial score (nSPS) is 17.1. The van der Waals surface area contributed by atoms with Crippen LogP contribution in [0.1, 0.15) is 16.8 Å². The highest BCUT2D eigenvalue weighted by Crippen LogP contribution is 2.20. The molecule has 0 spiro atoms. The van der Waals surface area contributed by atoms with E-state index in [4.69, 9.17) is 9.47 Å². The summed E-state index contributed by atoms with van der Waals surface area (Å²) in [5.74, 6) is 0.588. The van der Waals surface area contributed by atoms with Gasteiger partial charge in [0.1, 0.15) is 11.9 Å². The molecule has 2 heterocycles. The number of aromatic amines is 1. The molecule has 6 heteroatoms. The Kier molecular flexibility index (Phi) is 3.88. The van der Waals surface area contributed by atoms with Crippen LogP contribution < -0.4 is 10.1 Å². The maximum absolute atomic E-state index is 12.3. The lowest BCUT2D eigenvalue weighted by Gasteiger charge is -2.12. The maximum Gasteiger partial charge on any atom is 0.255 e. The van der Waals surface area contributed by atoms with Crippen LogP contribution in [-0.2, 0) is 4.74 Å². The summed E-state index contributed by atoms with van der Waals surface area (Å²) in [6.07, 6.45) is 2.75. The zero-order chi connectivity index (χ0) is 16.4. The van der Waals surface area contributed by atoms with E-state index in [9.17, 15) is 4.79 Å². The van der Waals surface area contributed by atoms with Crippen molar-refractivity contribution in [2.24, 2.45) is 0 Å². The fraction of sp³-hybridized carbons (Fsp3) is 0.222. The fourth-order valence-electron chi connectivity index (χ4n) is 2.70. The molecule has 24 heavy (non-hydrogen) atoms. The van der Waals surface area contributed by atoms with Gasteiger partial charge in [-0.25, -0.2) is 0 Å². The molecule has 3 aromatic rings. The highest BCUT2D eigenvalue weighted by Gasteiger charge is 2.17. The van der Waals surface area contributed by atoms with Gasteiger partial charge in [0.25, 0.3) is 5.91 Å². The van der Waals surface area contributed by atoms with Gasteiger partial charge in [-0.15, -0.1) is 0 Å². The minimum atomic E-state index is -0.162. The summed E-state index contributed by atoms with van der Waals surface area (Å²) < 4.78 is 11.1. The van der Waals surface area contributed by atoms with Crippen molar-refractivity contribution in [3.63, 3.8) is 0 Å². The third-order valence-corrected chi connectivity index (χ3v) is 4.01. The summed E-state index contributed by atoms with van der Waals surface area (Å²) in [5, 5.41) is 10.7. The van der Waals surface area contributed by atoms with Crippen molar-refractivity contribution >= 4 is 22.5 Å². The number of amides is 1. The van der Waals surface area contributed by atoms with Crippen molar-refractivity contribution in [3.8, 4) is 5.75 Å². The van der Waals surface area contributed by atoms with Crippen LogP contribution in [0.2, 0.25) is 0 Å². The SMILES string of the molecule is O=C(Nc1ccc2cn[nH]c2c1)c1ccc(OC2CCOC2)cc1. The number of carbonyl (C=O) groups is 1.